The fourth-order valence-electron chi connectivity index (χ4n) is 2.28. The van der Waals surface area contributed by atoms with Gasteiger partial charge in [-0.3, -0.25) is 4.79 Å². The number of fused-ring (bicyclic) bond motifs is 1. The SMILES string of the molecule is CN(C)CC(=O)Nc1ccc(Oc2nncc3ccccc23)cc1. The van der Waals surface area contributed by atoms with E-state index in [0.717, 1.165) is 16.5 Å². The Kier molecular flexibility index (Phi) is 4.67. The van der Waals surface area contributed by atoms with Crippen molar-refractivity contribution in [1.82, 2.24) is 15.1 Å². The second-order valence-corrected chi connectivity index (χ2v) is 5.65. The van der Waals surface area contributed by atoms with Gasteiger partial charge in [-0.1, -0.05) is 18.2 Å². The van der Waals surface area contributed by atoms with Gasteiger partial charge in [0, 0.05) is 16.5 Å². The quantitative estimate of drug-likeness (QED) is 0.782. The first-order valence-electron chi connectivity index (χ1n) is 7.55. The van der Waals surface area contributed by atoms with Crippen molar-refractivity contribution in [1.29, 1.82) is 0 Å². The van der Waals surface area contributed by atoms with E-state index < -0.39 is 0 Å². The van der Waals surface area contributed by atoms with Crippen LogP contribution in [0.25, 0.3) is 10.8 Å². The molecular formula is C18H18N4O2. The van der Waals surface area contributed by atoms with Crippen molar-refractivity contribution in [2.24, 2.45) is 0 Å². The van der Waals surface area contributed by atoms with Crippen LogP contribution in [0.3, 0.4) is 0 Å². The Morgan fingerprint density at radius 1 is 1.12 bits per heavy atom. The molecule has 0 unspecified atom stereocenters. The third-order valence-electron chi connectivity index (χ3n) is 3.35. The Morgan fingerprint density at radius 3 is 2.62 bits per heavy atom. The molecule has 6 heteroatoms. The highest BCUT2D eigenvalue weighted by Crippen LogP contribution is 2.27. The number of likely N-dealkylation sites (N-methyl/N-ethyl adjacent to an activating group) is 1. The number of anilines is 1. The lowest BCUT2D eigenvalue weighted by molar-refractivity contribution is -0.116. The molecule has 3 rings (SSSR count). The van der Waals surface area contributed by atoms with E-state index in [1.54, 1.807) is 30.5 Å². The van der Waals surface area contributed by atoms with E-state index >= 15 is 0 Å². The van der Waals surface area contributed by atoms with Crippen molar-refractivity contribution in [2.75, 3.05) is 26.0 Å². The zero-order valence-electron chi connectivity index (χ0n) is 13.6. The van der Waals surface area contributed by atoms with Crippen molar-refractivity contribution in [3.8, 4) is 11.6 Å². The zero-order chi connectivity index (χ0) is 16.9. The first-order valence-corrected chi connectivity index (χ1v) is 7.55. The van der Waals surface area contributed by atoms with Crippen LogP contribution in [-0.2, 0) is 4.79 Å². The molecule has 0 radical (unpaired) electrons. The molecule has 0 bridgehead atoms. The highest BCUT2D eigenvalue weighted by molar-refractivity contribution is 5.92. The topological polar surface area (TPSA) is 67.4 Å². The third kappa shape index (κ3) is 3.85. The number of rotatable bonds is 5. The van der Waals surface area contributed by atoms with Crippen molar-refractivity contribution >= 4 is 22.4 Å². The molecule has 0 saturated carbocycles. The molecule has 1 heterocycles. The van der Waals surface area contributed by atoms with Gasteiger partial charge in [-0.05, 0) is 44.4 Å². The number of aromatic nitrogens is 2. The molecule has 24 heavy (non-hydrogen) atoms. The van der Waals surface area contributed by atoms with Crippen molar-refractivity contribution in [2.45, 2.75) is 0 Å². The Bertz CT molecular complexity index is 842. The number of nitrogens with one attached hydrogen (secondary N) is 1. The third-order valence-corrected chi connectivity index (χ3v) is 3.35. The van der Waals surface area contributed by atoms with Crippen LogP contribution in [-0.4, -0.2) is 41.6 Å². The van der Waals surface area contributed by atoms with E-state index in [2.05, 4.69) is 15.5 Å². The van der Waals surface area contributed by atoms with Gasteiger partial charge in [-0.25, -0.2) is 0 Å². The highest BCUT2D eigenvalue weighted by atomic mass is 16.5. The predicted octanol–water partition coefficient (Wildman–Crippen LogP) is 2.92. The average Bonchev–Trinajstić information content (AvgIpc) is 2.56. The van der Waals surface area contributed by atoms with Crippen LogP contribution in [0.2, 0.25) is 0 Å². The summed E-state index contributed by atoms with van der Waals surface area (Å²) in [6.07, 6.45) is 1.70. The van der Waals surface area contributed by atoms with E-state index in [1.807, 2.05) is 43.3 Å². The minimum Gasteiger partial charge on any atom is -0.437 e. The van der Waals surface area contributed by atoms with Crippen LogP contribution >= 0.6 is 0 Å². The molecule has 0 aliphatic heterocycles. The zero-order valence-corrected chi connectivity index (χ0v) is 13.6. The Hall–Kier alpha value is -2.99. The molecule has 0 fully saturated rings. The second kappa shape index (κ2) is 7.06. The Labute approximate surface area is 140 Å². The number of carbonyl (C=O) groups excluding carboxylic acids is 1. The summed E-state index contributed by atoms with van der Waals surface area (Å²) in [6, 6.07) is 14.9. The maximum atomic E-state index is 11.7. The summed E-state index contributed by atoms with van der Waals surface area (Å²) in [4.78, 5) is 13.6. The fourth-order valence-corrected chi connectivity index (χ4v) is 2.28. The van der Waals surface area contributed by atoms with Gasteiger partial charge in [0.15, 0.2) is 0 Å². The van der Waals surface area contributed by atoms with E-state index in [1.165, 1.54) is 0 Å². The number of ether oxygens (including phenoxy) is 1. The molecule has 122 valence electrons. The number of hydrogen-bond donors (Lipinski definition) is 1. The van der Waals surface area contributed by atoms with Gasteiger partial charge in [-0.15, -0.1) is 5.10 Å². The summed E-state index contributed by atoms with van der Waals surface area (Å²) >= 11 is 0. The van der Waals surface area contributed by atoms with Crippen LogP contribution in [0.15, 0.2) is 54.7 Å². The lowest BCUT2D eigenvalue weighted by atomic mass is 10.2. The molecule has 0 aliphatic carbocycles. The molecule has 2 aromatic carbocycles. The smallest absolute Gasteiger partial charge is 0.246 e. The molecule has 0 aliphatic rings. The first kappa shape index (κ1) is 15.9. The minimum absolute atomic E-state index is 0.0615. The first-order chi connectivity index (χ1) is 11.6. The van der Waals surface area contributed by atoms with E-state index in [0.29, 0.717) is 18.2 Å². The summed E-state index contributed by atoms with van der Waals surface area (Å²) in [7, 11) is 3.70. The number of benzene rings is 2. The van der Waals surface area contributed by atoms with E-state index in [4.69, 9.17) is 4.74 Å². The van der Waals surface area contributed by atoms with Gasteiger partial charge >= 0.3 is 0 Å². The minimum atomic E-state index is -0.0615. The molecule has 0 spiro atoms. The maximum absolute atomic E-state index is 11.7. The summed E-state index contributed by atoms with van der Waals surface area (Å²) in [5, 5.41) is 12.7. The van der Waals surface area contributed by atoms with Crippen LogP contribution in [0.4, 0.5) is 5.69 Å². The molecule has 1 aromatic heterocycles. The van der Waals surface area contributed by atoms with Crippen molar-refractivity contribution < 1.29 is 9.53 Å². The maximum Gasteiger partial charge on any atom is 0.246 e. The summed E-state index contributed by atoms with van der Waals surface area (Å²) < 4.78 is 5.82. The van der Waals surface area contributed by atoms with Crippen molar-refractivity contribution in [3.05, 3.63) is 54.7 Å². The molecule has 6 nitrogen and oxygen atoms in total. The Morgan fingerprint density at radius 2 is 1.88 bits per heavy atom. The van der Waals surface area contributed by atoms with E-state index in [-0.39, 0.29) is 5.91 Å². The lowest BCUT2D eigenvalue weighted by Gasteiger charge is -2.11. The summed E-state index contributed by atoms with van der Waals surface area (Å²) in [5.74, 6) is 1.03. The van der Waals surface area contributed by atoms with Gasteiger partial charge in [0.25, 0.3) is 0 Å². The standard InChI is InChI=1S/C18H18N4O2/c1-22(2)12-17(23)20-14-7-9-15(10-8-14)24-18-16-6-4-3-5-13(16)11-19-21-18/h3-11H,12H2,1-2H3,(H,20,23). The number of hydrogen-bond acceptors (Lipinski definition) is 5. The van der Waals surface area contributed by atoms with Gasteiger partial charge in [0.1, 0.15) is 5.75 Å². The highest BCUT2D eigenvalue weighted by Gasteiger charge is 2.07. The summed E-state index contributed by atoms with van der Waals surface area (Å²) in [5.41, 5.74) is 0.721. The largest absolute Gasteiger partial charge is 0.437 e. The van der Waals surface area contributed by atoms with Crippen LogP contribution in [0.1, 0.15) is 0 Å². The van der Waals surface area contributed by atoms with Crippen LogP contribution in [0.5, 0.6) is 11.6 Å². The number of nitrogens with zero attached hydrogens (tertiary/aromatic N) is 3. The van der Waals surface area contributed by atoms with Crippen molar-refractivity contribution in [3.63, 3.8) is 0 Å². The predicted molar refractivity (Wildman–Crippen MR) is 93.2 cm³/mol. The molecule has 0 atom stereocenters. The second-order valence-electron chi connectivity index (χ2n) is 5.65. The van der Waals surface area contributed by atoms with Gasteiger partial charge in [-0.2, -0.15) is 5.10 Å². The molecule has 1 amide bonds. The van der Waals surface area contributed by atoms with Gasteiger partial charge < -0.3 is 15.0 Å². The van der Waals surface area contributed by atoms with Crippen LogP contribution < -0.4 is 10.1 Å². The average molecular weight is 322 g/mol. The Balaban J connectivity index is 1.73. The molecule has 0 saturated heterocycles. The van der Waals surface area contributed by atoms with Gasteiger partial charge in [0.05, 0.1) is 12.7 Å². The lowest BCUT2D eigenvalue weighted by Crippen LogP contribution is -2.26. The number of amides is 1. The van der Waals surface area contributed by atoms with Crippen LogP contribution in [0, 0.1) is 0 Å². The normalized spacial score (nSPS) is 10.8. The fraction of sp³-hybridized carbons (Fsp3) is 0.167. The van der Waals surface area contributed by atoms with E-state index in [9.17, 15) is 4.79 Å². The number of carbonyl (C=O) groups is 1. The molecular weight excluding hydrogens is 304 g/mol. The van der Waals surface area contributed by atoms with Gasteiger partial charge in [0.2, 0.25) is 11.8 Å². The summed E-state index contributed by atoms with van der Waals surface area (Å²) in [6.45, 7) is 0.337. The molecule has 1 N–H and O–H groups in total. The molecule has 3 aromatic rings. The monoisotopic (exact) mass is 322 g/mol.